The molecule has 3 aromatic carbocycles. The van der Waals surface area contributed by atoms with Crippen LogP contribution in [0.15, 0.2) is 66.7 Å². The van der Waals surface area contributed by atoms with Gasteiger partial charge in [0.05, 0.1) is 23.2 Å². The van der Waals surface area contributed by atoms with Gasteiger partial charge in [0.2, 0.25) is 11.8 Å². The maximum absolute atomic E-state index is 13.8. The fraction of sp³-hybridized carbons (Fsp3) is 0.286. The topological polar surface area (TPSA) is 83.9 Å². The van der Waals surface area contributed by atoms with E-state index >= 15 is 0 Å². The van der Waals surface area contributed by atoms with Crippen LogP contribution in [0.2, 0.25) is 0 Å². The molecule has 0 unspecified atom stereocenters. The molecule has 0 radical (unpaired) electrons. The predicted molar refractivity (Wildman–Crippen MR) is 129 cm³/mol. The van der Waals surface area contributed by atoms with Crippen LogP contribution < -0.4 is 10.1 Å². The van der Waals surface area contributed by atoms with Crippen molar-refractivity contribution >= 4 is 23.2 Å². The highest BCUT2D eigenvalue weighted by Gasteiger charge is 2.61. The van der Waals surface area contributed by atoms with Crippen molar-refractivity contribution in [2.75, 3.05) is 10.1 Å². The summed E-state index contributed by atoms with van der Waals surface area (Å²) in [7, 11) is 0. The lowest BCUT2D eigenvalue weighted by atomic mass is 9.54. The van der Waals surface area contributed by atoms with Gasteiger partial charge in [-0.15, -0.1) is 0 Å². The number of benzene rings is 3. The number of carbonyl (C=O) groups is 2. The minimum Gasteiger partial charge on any atom is -0.733 e. The second-order valence-corrected chi connectivity index (χ2v) is 9.63. The third-order valence-corrected chi connectivity index (χ3v) is 8.07. The number of amides is 2. The van der Waals surface area contributed by atoms with E-state index in [0.29, 0.717) is 11.6 Å². The van der Waals surface area contributed by atoms with Crippen molar-refractivity contribution in [2.24, 2.45) is 11.8 Å². The summed E-state index contributed by atoms with van der Waals surface area (Å²) in [5.74, 6) is -1.23. The normalized spacial score (nSPS) is 25.1. The molecule has 0 aromatic heterocycles. The summed E-state index contributed by atoms with van der Waals surface area (Å²) >= 11 is 0. The first-order valence-corrected chi connectivity index (χ1v) is 11.8. The zero-order chi connectivity index (χ0) is 23.7. The summed E-state index contributed by atoms with van der Waals surface area (Å²) in [6.45, 7) is 4.39. The fourth-order valence-corrected chi connectivity index (χ4v) is 6.27. The van der Waals surface area contributed by atoms with E-state index < -0.39 is 11.8 Å². The summed E-state index contributed by atoms with van der Waals surface area (Å²) in [5, 5.41) is 20.1. The molecule has 5 atom stereocenters. The minimum atomic E-state index is -0.458. The minimum absolute atomic E-state index is 0.0396. The van der Waals surface area contributed by atoms with Gasteiger partial charge in [-0.25, -0.2) is 4.90 Å². The second-order valence-electron chi connectivity index (χ2n) is 9.63. The molecule has 3 aliphatic carbocycles. The molecule has 2 amide bonds. The first-order valence-electron chi connectivity index (χ1n) is 11.8. The van der Waals surface area contributed by atoms with Crippen LogP contribution in [0, 0.1) is 17.0 Å². The zero-order valence-corrected chi connectivity index (χ0v) is 19.0. The Kier molecular flexibility index (Phi) is 4.66. The zero-order valence-electron chi connectivity index (χ0n) is 19.0. The van der Waals surface area contributed by atoms with Gasteiger partial charge in [0.1, 0.15) is 0 Å². The average Bonchev–Trinajstić information content (AvgIpc) is 3.13. The summed E-state index contributed by atoms with van der Waals surface area (Å²) in [5.41, 5.74) is 6.32. The molecule has 1 N–H and O–H groups in total. The number of anilines is 2. The van der Waals surface area contributed by atoms with Crippen molar-refractivity contribution in [3.8, 4) is 0 Å². The van der Waals surface area contributed by atoms with Crippen molar-refractivity contribution in [1.82, 2.24) is 0 Å². The molecule has 4 aliphatic rings. The van der Waals surface area contributed by atoms with Crippen LogP contribution in [0.3, 0.4) is 0 Å². The van der Waals surface area contributed by atoms with Gasteiger partial charge in [-0.1, -0.05) is 56.3 Å². The molecule has 6 heteroatoms. The maximum Gasteiger partial charge on any atom is 0.238 e. The van der Waals surface area contributed by atoms with Crippen molar-refractivity contribution in [3.63, 3.8) is 0 Å². The molecule has 3 aromatic rings. The SMILES string of the molecule is CC[C@@H](C)c1ccc2c(c1)[C@@H]1c3ccccc3[C@@H]2[C@@H]2C(=O)N(c3ccc(N([O-])O)cc3)C(=O)[C@H]12. The van der Waals surface area contributed by atoms with Crippen LogP contribution in [0.1, 0.15) is 65.8 Å². The van der Waals surface area contributed by atoms with Crippen LogP contribution in [-0.2, 0) is 9.59 Å². The summed E-state index contributed by atoms with van der Waals surface area (Å²) in [6, 6.07) is 20.7. The number of hydrogen-bond acceptors (Lipinski definition) is 5. The van der Waals surface area contributed by atoms with Crippen LogP contribution >= 0.6 is 0 Å². The number of nitrogens with zero attached hydrogens (tertiary/aromatic N) is 2. The van der Waals surface area contributed by atoms with E-state index in [1.807, 2.05) is 12.1 Å². The third-order valence-electron chi connectivity index (χ3n) is 8.07. The Labute approximate surface area is 198 Å². The Morgan fingerprint density at radius 2 is 1.44 bits per heavy atom. The quantitative estimate of drug-likeness (QED) is 0.429. The number of imide groups is 1. The van der Waals surface area contributed by atoms with Gasteiger partial charge in [-0.05, 0) is 64.4 Å². The standard InChI is InChI=1S/C28H25N2O4/c1-3-15(2)16-8-13-21-22(14-16)24-20-7-5-4-6-19(20)23(21)25-26(24)28(32)29(27(25)31)17-9-11-18(12-10-17)30(33)34/h4-15,23-26,33H,3H2,1-2H3/q-1/t15-,23+,24+,25+,26-/m1/s1. The van der Waals surface area contributed by atoms with E-state index in [2.05, 4.69) is 44.2 Å². The Hall–Kier alpha value is -3.48. The Balaban J connectivity index is 1.49. The van der Waals surface area contributed by atoms with Crippen molar-refractivity contribution in [1.29, 1.82) is 0 Å². The van der Waals surface area contributed by atoms with Crippen LogP contribution in [0.4, 0.5) is 11.4 Å². The van der Waals surface area contributed by atoms with Crippen LogP contribution in [-0.4, -0.2) is 17.0 Å². The van der Waals surface area contributed by atoms with Gasteiger partial charge >= 0.3 is 0 Å². The van der Waals surface area contributed by atoms with E-state index in [1.54, 1.807) is 0 Å². The molecule has 2 bridgehead atoms. The van der Waals surface area contributed by atoms with Gasteiger partial charge in [-0.3, -0.25) is 14.8 Å². The average molecular weight is 454 g/mol. The van der Waals surface area contributed by atoms with Gasteiger partial charge < -0.3 is 10.4 Å². The van der Waals surface area contributed by atoms with Crippen molar-refractivity contribution < 1.29 is 14.8 Å². The van der Waals surface area contributed by atoms with E-state index in [1.165, 1.54) is 40.3 Å². The van der Waals surface area contributed by atoms with Crippen molar-refractivity contribution in [2.45, 2.75) is 38.0 Å². The monoisotopic (exact) mass is 453 g/mol. The molecule has 0 saturated carbocycles. The van der Waals surface area contributed by atoms with E-state index in [9.17, 15) is 14.8 Å². The summed E-state index contributed by atoms with van der Waals surface area (Å²) in [4.78, 5) is 28.9. The molecule has 1 aliphatic heterocycles. The van der Waals surface area contributed by atoms with Gasteiger partial charge in [0.25, 0.3) is 0 Å². The van der Waals surface area contributed by atoms with Gasteiger partial charge in [0, 0.05) is 11.8 Å². The van der Waals surface area contributed by atoms with Crippen LogP contribution in [0.25, 0.3) is 0 Å². The number of hydrogen-bond donors (Lipinski definition) is 1. The van der Waals surface area contributed by atoms with E-state index in [4.69, 9.17) is 5.21 Å². The van der Waals surface area contributed by atoms with Crippen LogP contribution in [0.5, 0.6) is 0 Å². The Bertz CT molecular complexity index is 1320. The van der Waals surface area contributed by atoms with E-state index in [-0.39, 0.29) is 34.6 Å². The van der Waals surface area contributed by atoms with Gasteiger partial charge in [0.15, 0.2) is 0 Å². The lowest BCUT2D eigenvalue weighted by Gasteiger charge is -2.46. The molecule has 6 nitrogen and oxygen atoms in total. The first kappa shape index (κ1) is 21.1. The Morgan fingerprint density at radius 3 is 2.00 bits per heavy atom. The smallest absolute Gasteiger partial charge is 0.238 e. The summed E-state index contributed by atoms with van der Waals surface area (Å²) in [6.07, 6.45) is 1.03. The molecular weight excluding hydrogens is 428 g/mol. The summed E-state index contributed by atoms with van der Waals surface area (Å²) < 4.78 is 0. The molecule has 1 saturated heterocycles. The van der Waals surface area contributed by atoms with Crippen molar-refractivity contribution in [3.05, 3.63) is 99.8 Å². The second kappa shape index (κ2) is 7.52. The fourth-order valence-electron chi connectivity index (χ4n) is 6.27. The van der Waals surface area contributed by atoms with E-state index in [0.717, 1.165) is 23.1 Å². The third kappa shape index (κ3) is 2.76. The molecular formula is C28H25N2O4-. The lowest BCUT2D eigenvalue weighted by molar-refractivity contribution is -0.122. The molecule has 7 rings (SSSR count). The molecule has 1 heterocycles. The largest absolute Gasteiger partial charge is 0.733 e. The lowest BCUT2D eigenvalue weighted by Crippen LogP contribution is -2.41. The molecule has 172 valence electrons. The number of rotatable bonds is 4. The molecule has 0 spiro atoms. The Morgan fingerprint density at radius 1 is 0.882 bits per heavy atom. The first-order chi connectivity index (χ1) is 16.4. The highest BCUT2D eigenvalue weighted by Crippen LogP contribution is 2.61. The molecule has 1 fully saturated rings. The predicted octanol–water partition coefficient (Wildman–Crippen LogP) is 5.29. The number of carbonyl (C=O) groups excluding carboxylic acids is 2. The molecule has 34 heavy (non-hydrogen) atoms. The maximum atomic E-state index is 13.8. The van der Waals surface area contributed by atoms with Gasteiger partial charge in [-0.2, -0.15) is 0 Å². The highest BCUT2D eigenvalue weighted by atomic mass is 16.8. The highest BCUT2D eigenvalue weighted by molar-refractivity contribution is 6.23.